The summed E-state index contributed by atoms with van der Waals surface area (Å²) in [5, 5.41) is 3.35. The lowest BCUT2D eigenvalue weighted by atomic mass is 10.1. The van der Waals surface area contributed by atoms with E-state index in [4.69, 9.17) is 9.47 Å². The number of nitrogens with one attached hydrogen (secondary N) is 1. The number of hydrogen-bond acceptors (Lipinski definition) is 5. The number of rotatable bonds is 12. The zero-order valence-electron chi connectivity index (χ0n) is 17.4. The monoisotopic (exact) mass is 406 g/mol. The highest BCUT2D eigenvalue weighted by atomic mass is 32.2. The summed E-state index contributed by atoms with van der Waals surface area (Å²) in [6, 6.07) is 0. The maximum Gasteiger partial charge on any atom is 0.211 e. The highest BCUT2D eigenvalue weighted by Gasteiger charge is 2.22. The molecular formula is C18H38N4O4S. The van der Waals surface area contributed by atoms with Gasteiger partial charge in [-0.05, 0) is 32.6 Å². The topological polar surface area (TPSA) is 83.5 Å². The van der Waals surface area contributed by atoms with Crippen molar-refractivity contribution in [3.05, 3.63) is 0 Å². The zero-order valence-corrected chi connectivity index (χ0v) is 18.3. The fourth-order valence-electron chi connectivity index (χ4n) is 3.10. The molecule has 1 heterocycles. The molecule has 1 aliphatic rings. The third-order valence-electron chi connectivity index (χ3n) is 4.57. The van der Waals surface area contributed by atoms with Crippen LogP contribution in [0.3, 0.4) is 0 Å². The van der Waals surface area contributed by atoms with Crippen LogP contribution in [0.2, 0.25) is 0 Å². The molecule has 0 bridgehead atoms. The molecule has 0 aromatic rings. The largest absolute Gasteiger partial charge is 0.385 e. The third-order valence-corrected chi connectivity index (χ3v) is 5.95. The highest BCUT2D eigenvalue weighted by Crippen LogP contribution is 2.14. The van der Waals surface area contributed by atoms with E-state index in [1.807, 2.05) is 6.92 Å². The first-order valence-electron chi connectivity index (χ1n) is 10.0. The van der Waals surface area contributed by atoms with Gasteiger partial charge in [0.15, 0.2) is 5.96 Å². The fourth-order valence-corrected chi connectivity index (χ4v) is 4.03. The van der Waals surface area contributed by atoms with Crippen LogP contribution in [0.15, 0.2) is 4.99 Å². The van der Waals surface area contributed by atoms with Crippen LogP contribution in [0.25, 0.3) is 0 Å². The number of ether oxygens (including phenoxy) is 2. The van der Waals surface area contributed by atoms with Gasteiger partial charge in [-0.3, -0.25) is 4.99 Å². The summed E-state index contributed by atoms with van der Waals surface area (Å²) in [5.41, 5.74) is 0. The second kappa shape index (κ2) is 13.3. The van der Waals surface area contributed by atoms with Crippen molar-refractivity contribution in [2.75, 3.05) is 65.8 Å². The van der Waals surface area contributed by atoms with E-state index in [1.54, 1.807) is 7.11 Å². The van der Waals surface area contributed by atoms with E-state index in [1.165, 1.54) is 10.6 Å². The fraction of sp³-hybridized carbons (Fsp3) is 0.944. The molecule has 0 unspecified atom stereocenters. The van der Waals surface area contributed by atoms with Crippen LogP contribution in [0.4, 0.5) is 0 Å². The van der Waals surface area contributed by atoms with Crippen molar-refractivity contribution in [2.45, 2.75) is 45.6 Å². The summed E-state index contributed by atoms with van der Waals surface area (Å²) in [7, 11) is -1.42. The number of guanidine groups is 1. The van der Waals surface area contributed by atoms with Gasteiger partial charge in [-0.1, -0.05) is 6.92 Å². The van der Waals surface area contributed by atoms with Gasteiger partial charge in [0.05, 0.1) is 12.4 Å². The summed E-state index contributed by atoms with van der Waals surface area (Å²) in [6.07, 6.45) is 5.21. The maximum absolute atomic E-state index is 11.6. The average Bonchev–Trinajstić information content (AvgIpc) is 2.64. The van der Waals surface area contributed by atoms with E-state index in [9.17, 15) is 8.42 Å². The van der Waals surface area contributed by atoms with Gasteiger partial charge in [-0.25, -0.2) is 12.7 Å². The van der Waals surface area contributed by atoms with E-state index < -0.39 is 10.0 Å². The number of sulfonamides is 1. The number of methoxy groups -OCH3 is 1. The van der Waals surface area contributed by atoms with Crippen LogP contribution in [0.5, 0.6) is 0 Å². The minimum absolute atomic E-state index is 0.314. The molecule has 1 rings (SSSR count). The van der Waals surface area contributed by atoms with Gasteiger partial charge >= 0.3 is 0 Å². The molecule has 0 aromatic carbocycles. The van der Waals surface area contributed by atoms with Gasteiger partial charge in [0.1, 0.15) is 0 Å². The van der Waals surface area contributed by atoms with Gasteiger partial charge in [-0.2, -0.15) is 0 Å². The summed E-state index contributed by atoms with van der Waals surface area (Å²) >= 11 is 0. The number of nitrogens with zero attached hydrogens (tertiary/aromatic N) is 3. The lowest BCUT2D eigenvalue weighted by molar-refractivity contribution is 0.00990. The van der Waals surface area contributed by atoms with Crippen molar-refractivity contribution in [2.24, 2.45) is 4.99 Å². The number of piperidine rings is 1. The lowest BCUT2D eigenvalue weighted by Gasteiger charge is -2.34. The Morgan fingerprint density at radius 2 is 1.93 bits per heavy atom. The van der Waals surface area contributed by atoms with E-state index in [2.05, 4.69) is 22.1 Å². The van der Waals surface area contributed by atoms with Gasteiger partial charge in [0.25, 0.3) is 0 Å². The van der Waals surface area contributed by atoms with Crippen LogP contribution >= 0.6 is 0 Å². The Kier molecular flexibility index (Phi) is 11.9. The molecule has 0 saturated carbocycles. The van der Waals surface area contributed by atoms with E-state index in [0.29, 0.717) is 25.7 Å². The predicted octanol–water partition coefficient (Wildman–Crippen LogP) is 1.14. The lowest BCUT2D eigenvalue weighted by Crippen LogP contribution is -2.47. The Morgan fingerprint density at radius 3 is 2.48 bits per heavy atom. The van der Waals surface area contributed by atoms with Crippen molar-refractivity contribution >= 4 is 16.0 Å². The van der Waals surface area contributed by atoms with Gasteiger partial charge in [-0.15, -0.1) is 0 Å². The first-order valence-corrected chi connectivity index (χ1v) is 11.9. The molecule has 0 spiro atoms. The van der Waals surface area contributed by atoms with Gasteiger partial charge in [0.2, 0.25) is 10.0 Å². The van der Waals surface area contributed by atoms with Gasteiger partial charge in [0, 0.05) is 59.6 Å². The smallest absolute Gasteiger partial charge is 0.211 e. The molecule has 160 valence electrons. The van der Waals surface area contributed by atoms with Gasteiger partial charge < -0.3 is 19.7 Å². The molecule has 0 amide bonds. The number of hydrogen-bond donors (Lipinski definition) is 1. The van der Waals surface area contributed by atoms with Crippen LogP contribution in [0, 0.1) is 0 Å². The van der Waals surface area contributed by atoms with E-state index in [0.717, 1.165) is 64.5 Å². The predicted molar refractivity (Wildman–Crippen MR) is 110 cm³/mol. The molecule has 9 heteroatoms. The average molecular weight is 407 g/mol. The van der Waals surface area contributed by atoms with Crippen molar-refractivity contribution in [1.29, 1.82) is 0 Å². The van der Waals surface area contributed by atoms with Crippen molar-refractivity contribution in [3.63, 3.8) is 0 Å². The minimum Gasteiger partial charge on any atom is -0.385 e. The SMILES string of the molecule is CCNC(=NCCCN(CC)S(C)(=O)=O)N1CCC(OCCCOC)CC1. The van der Waals surface area contributed by atoms with E-state index in [-0.39, 0.29) is 0 Å². The van der Waals surface area contributed by atoms with Crippen LogP contribution in [-0.4, -0.2) is 95.5 Å². The van der Waals surface area contributed by atoms with Crippen LogP contribution in [0.1, 0.15) is 39.5 Å². The van der Waals surface area contributed by atoms with Crippen molar-refractivity contribution in [1.82, 2.24) is 14.5 Å². The minimum atomic E-state index is -3.13. The molecular weight excluding hydrogens is 368 g/mol. The summed E-state index contributed by atoms with van der Waals surface area (Å²) in [4.78, 5) is 6.96. The zero-order chi connectivity index (χ0) is 20.1. The first-order chi connectivity index (χ1) is 12.9. The van der Waals surface area contributed by atoms with E-state index >= 15 is 0 Å². The first kappa shape index (κ1) is 24.1. The summed E-state index contributed by atoms with van der Waals surface area (Å²) in [6.45, 7) is 9.69. The second-order valence-electron chi connectivity index (χ2n) is 6.75. The molecule has 27 heavy (non-hydrogen) atoms. The molecule has 0 aliphatic carbocycles. The van der Waals surface area contributed by atoms with Crippen LogP contribution < -0.4 is 5.32 Å². The number of likely N-dealkylation sites (tertiary alicyclic amines) is 1. The Hall–Kier alpha value is -0.900. The standard InChI is InChI=1S/C18H38N4O4S/c1-5-19-18(20-11-7-12-22(6-2)27(4,23)24)21-13-9-17(10-14-21)26-16-8-15-25-3/h17H,5-16H2,1-4H3,(H,19,20). The maximum atomic E-state index is 11.6. The molecule has 1 saturated heterocycles. The highest BCUT2D eigenvalue weighted by molar-refractivity contribution is 7.88. The molecule has 0 radical (unpaired) electrons. The quantitative estimate of drug-likeness (QED) is 0.297. The molecule has 1 fully saturated rings. The molecule has 0 aromatic heterocycles. The molecule has 1 aliphatic heterocycles. The Morgan fingerprint density at radius 1 is 1.22 bits per heavy atom. The summed E-state index contributed by atoms with van der Waals surface area (Å²) < 4.78 is 35.7. The Bertz CT molecular complexity index is 519. The van der Waals surface area contributed by atoms with Crippen molar-refractivity contribution in [3.8, 4) is 0 Å². The molecule has 1 N–H and O–H groups in total. The van der Waals surface area contributed by atoms with Crippen molar-refractivity contribution < 1.29 is 17.9 Å². The normalized spacial score (nSPS) is 16.9. The van der Waals surface area contributed by atoms with Crippen LogP contribution in [-0.2, 0) is 19.5 Å². The third kappa shape index (κ3) is 9.73. The molecule has 0 atom stereocenters. The Labute approximate surface area is 165 Å². The second-order valence-corrected chi connectivity index (χ2v) is 8.73. The summed E-state index contributed by atoms with van der Waals surface area (Å²) in [5.74, 6) is 0.915. The number of aliphatic imine (C=N–C) groups is 1. The molecule has 8 nitrogen and oxygen atoms in total. The Balaban J connectivity index is 2.41.